The molecular weight excluding hydrogens is 260 g/mol. The highest BCUT2D eigenvalue weighted by molar-refractivity contribution is 7.88. The fourth-order valence-electron chi connectivity index (χ4n) is 1.09. The van der Waals surface area contributed by atoms with E-state index < -0.39 is 22.0 Å². The van der Waals surface area contributed by atoms with E-state index in [9.17, 15) is 13.2 Å². The van der Waals surface area contributed by atoms with Gasteiger partial charge in [-0.3, -0.25) is 4.79 Å². The normalized spacial score (nSPS) is 13.6. The Bertz CT molecular complexity index is 518. The Morgan fingerprint density at radius 3 is 2.61 bits per heavy atom. The molecule has 0 bridgehead atoms. The van der Waals surface area contributed by atoms with Gasteiger partial charge in [0.2, 0.25) is 5.09 Å². The summed E-state index contributed by atoms with van der Waals surface area (Å²) in [7, 11) is -0.951. The number of nitrogens with zero attached hydrogens (tertiary/aromatic N) is 1. The molecule has 0 aliphatic heterocycles. The van der Waals surface area contributed by atoms with E-state index in [1.165, 1.54) is 33.2 Å². The minimum absolute atomic E-state index is 0.0648. The molecule has 2 N–H and O–H groups in total. The Labute approximate surface area is 105 Å². The number of aliphatic hydroxyl groups excluding tert-OH is 1. The van der Waals surface area contributed by atoms with Crippen LogP contribution in [0.25, 0.3) is 0 Å². The summed E-state index contributed by atoms with van der Waals surface area (Å²) >= 11 is 0. The van der Waals surface area contributed by atoms with E-state index in [1.807, 2.05) is 0 Å². The molecule has 0 unspecified atom stereocenters. The van der Waals surface area contributed by atoms with Crippen LogP contribution in [0, 0.1) is 0 Å². The van der Waals surface area contributed by atoms with Crippen molar-refractivity contribution in [2.24, 2.45) is 0 Å². The Hall–Kier alpha value is -1.38. The van der Waals surface area contributed by atoms with Crippen LogP contribution in [0.3, 0.4) is 0 Å². The molecular formula is C10H16N2O5S. The van der Waals surface area contributed by atoms with Gasteiger partial charge in [-0.1, -0.05) is 0 Å². The molecule has 0 saturated carbocycles. The largest absolute Gasteiger partial charge is 0.438 e. The fourth-order valence-corrected chi connectivity index (χ4v) is 1.88. The minimum Gasteiger partial charge on any atom is -0.438 e. The van der Waals surface area contributed by atoms with Gasteiger partial charge in [-0.15, -0.1) is 0 Å². The van der Waals surface area contributed by atoms with Gasteiger partial charge < -0.3 is 14.8 Å². The van der Waals surface area contributed by atoms with Gasteiger partial charge in [0.05, 0.1) is 6.10 Å². The summed E-state index contributed by atoms with van der Waals surface area (Å²) in [5, 5.41) is 11.1. The van der Waals surface area contributed by atoms with E-state index in [-0.39, 0.29) is 17.4 Å². The molecule has 1 aromatic rings. The number of carbonyl (C=O) groups is 1. The lowest BCUT2D eigenvalue weighted by molar-refractivity contribution is 0.0891. The zero-order valence-electron chi connectivity index (χ0n) is 10.4. The topological polar surface area (TPSA) is 99.8 Å². The van der Waals surface area contributed by atoms with Gasteiger partial charge in [0.1, 0.15) is 0 Å². The summed E-state index contributed by atoms with van der Waals surface area (Å²) in [5.74, 6) is -0.688. The zero-order chi connectivity index (χ0) is 13.9. The molecule has 0 radical (unpaired) electrons. The van der Waals surface area contributed by atoms with E-state index in [0.717, 1.165) is 4.31 Å². The molecule has 7 nitrogen and oxygen atoms in total. The fraction of sp³-hybridized carbons (Fsp3) is 0.500. The van der Waals surface area contributed by atoms with Crippen molar-refractivity contribution in [1.29, 1.82) is 0 Å². The maximum absolute atomic E-state index is 11.7. The minimum atomic E-state index is -3.68. The molecule has 102 valence electrons. The van der Waals surface area contributed by atoms with Gasteiger partial charge in [-0.25, -0.2) is 12.7 Å². The second-order valence-corrected chi connectivity index (χ2v) is 6.05. The van der Waals surface area contributed by atoms with Gasteiger partial charge in [0, 0.05) is 20.6 Å². The van der Waals surface area contributed by atoms with Crippen LogP contribution in [0.5, 0.6) is 0 Å². The summed E-state index contributed by atoms with van der Waals surface area (Å²) in [6.07, 6.45) is -0.686. The summed E-state index contributed by atoms with van der Waals surface area (Å²) in [6.45, 7) is 1.58. The van der Waals surface area contributed by atoms with E-state index >= 15 is 0 Å². The first-order chi connectivity index (χ1) is 8.25. The standard InChI is InChI=1S/C10H16N2O5S/c1-7(13)6-11-10(14)8-4-5-9(17-8)18(15,16)12(2)3/h4-5,7,13H,6H2,1-3H3,(H,11,14)/t7-/m1/s1. The number of hydrogen-bond acceptors (Lipinski definition) is 5. The van der Waals surface area contributed by atoms with Crippen LogP contribution in [0.2, 0.25) is 0 Å². The number of carbonyl (C=O) groups excluding carboxylic acids is 1. The van der Waals surface area contributed by atoms with Crippen molar-refractivity contribution in [2.75, 3.05) is 20.6 Å². The van der Waals surface area contributed by atoms with E-state index in [4.69, 9.17) is 9.52 Å². The summed E-state index contributed by atoms with van der Waals surface area (Å²) in [6, 6.07) is 2.49. The van der Waals surface area contributed by atoms with Crippen molar-refractivity contribution < 1.29 is 22.7 Å². The van der Waals surface area contributed by atoms with Gasteiger partial charge in [-0.2, -0.15) is 0 Å². The van der Waals surface area contributed by atoms with Gasteiger partial charge >= 0.3 is 0 Å². The van der Waals surface area contributed by atoms with E-state index in [2.05, 4.69) is 5.32 Å². The highest BCUT2D eigenvalue weighted by atomic mass is 32.2. The lowest BCUT2D eigenvalue weighted by atomic mass is 10.4. The van der Waals surface area contributed by atoms with Crippen molar-refractivity contribution in [2.45, 2.75) is 18.1 Å². The van der Waals surface area contributed by atoms with Gasteiger partial charge in [-0.05, 0) is 19.1 Å². The van der Waals surface area contributed by atoms with Crippen LogP contribution >= 0.6 is 0 Å². The van der Waals surface area contributed by atoms with Gasteiger partial charge in [0.15, 0.2) is 5.76 Å². The first-order valence-electron chi connectivity index (χ1n) is 5.23. The van der Waals surface area contributed by atoms with Crippen molar-refractivity contribution in [1.82, 2.24) is 9.62 Å². The van der Waals surface area contributed by atoms with Crippen LogP contribution in [-0.4, -0.2) is 50.5 Å². The predicted octanol–water partition coefficient (Wildman–Crippen LogP) is -0.359. The number of furan rings is 1. The second kappa shape index (κ2) is 5.51. The summed E-state index contributed by atoms with van der Waals surface area (Å²) in [5.41, 5.74) is 0. The van der Waals surface area contributed by atoms with Crippen molar-refractivity contribution in [3.63, 3.8) is 0 Å². The molecule has 1 aromatic heterocycles. The first kappa shape index (κ1) is 14.7. The molecule has 0 fully saturated rings. The summed E-state index contributed by atoms with van der Waals surface area (Å²) in [4.78, 5) is 11.5. The zero-order valence-corrected chi connectivity index (χ0v) is 11.2. The monoisotopic (exact) mass is 276 g/mol. The van der Waals surface area contributed by atoms with E-state index in [1.54, 1.807) is 0 Å². The third-order valence-corrected chi connectivity index (χ3v) is 3.79. The number of sulfonamides is 1. The second-order valence-electron chi connectivity index (χ2n) is 3.97. The SMILES string of the molecule is C[C@@H](O)CNC(=O)c1ccc(S(=O)(=O)N(C)C)o1. The Morgan fingerprint density at radius 2 is 2.11 bits per heavy atom. The van der Waals surface area contributed by atoms with Gasteiger partial charge in [0.25, 0.3) is 15.9 Å². The molecule has 18 heavy (non-hydrogen) atoms. The lowest BCUT2D eigenvalue weighted by Crippen LogP contribution is -2.30. The quantitative estimate of drug-likeness (QED) is 0.765. The summed E-state index contributed by atoms with van der Waals surface area (Å²) < 4.78 is 29.4. The molecule has 0 aliphatic carbocycles. The highest BCUT2D eigenvalue weighted by Crippen LogP contribution is 2.16. The van der Waals surface area contributed by atoms with Crippen LogP contribution in [-0.2, 0) is 10.0 Å². The molecule has 0 saturated heterocycles. The molecule has 1 amide bonds. The predicted molar refractivity (Wildman–Crippen MR) is 63.6 cm³/mol. The van der Waals surface area contributed by atoms with Crippen LogP contribution in [0.4, 0.5) is 0 Å². The molecule has 1 heterocycles. The van der Waals surface area contributed by atoms with Crippen LogP contribution < -0.4 is 5.32 Å². The van der Waals surface area contributed by atoms with Crippen molar-refractivity contribution >= 4 is 15.9 Å². The number of amides is 1. The van der Waals surface area contributed by atoms with Crippen LogP contribution in [0.15, 0.2) is 21.6 Å². The van der Waals surface area contributed by atoms with E-state index in [0.29, 0.717) is 0 Å². The Balaban J connectivity index is 2.84. The smallest absolute Gasteiger partial charge is 0.287 e. The Morgan fingerprint density at radius 1 is 1.50 bits per heavy atom. The lowest BCUT2D eigenvalue weighted by Gasteiger charge is -2.08. The molecule has 1 rings (SSSR count). The average molecular weight is 276 g/mol. The first-order valence-corrected chi connectivity index (χ1v) is 6.67. The maximum atomic E-state index is 11.7. The molecule has 0 spiro atoms. The third kappa shape index (κ3) is 3.31. The molecule has 8 heteroatoms. The molecule has 0 aromatic carbocycles. The third-order valence-electron chi connectivity index (χ3n) is 2.10. The molecule has 1 atom stereocenters. The maximum Gasteiger partial charge on any atom is 0.287 e. The van der Waals surface area contributed by atoms with Crippen molar-refractivity contribution in [3.8, 4) is 0 Å². The number of nitrogens with one attached hydrogen (secondary N) is 1. The number of hydrogen-bond donors (Lipinski definition) is 2. The number of rotatable bonds is 5. The number of aliphatic hydroxyl groups is 1. The van der Waals surface area contributed by atoms with Crippen LogP contribution in [0.1, 0.15) is 17.5 Å². The highest BCUT2D eigenvalue weighted by Gasteiger charge is 2.23. The average Bonchev–Trinajstić information content (AvgIpc) is 2.75. The Kier molecular flexibility index (Phi) is 4.49. The van der Waals surface area contributed by atoms with Crippen molar-refractivity contribution in [3.05, 3.63) is 17.9 Å². The molecule has 0 aliphatic rings.